The van der Waals surface area contributed by atoms with Gasteiger partial charge in [-0.3, -0.25) is 4.79 Å². The highest BCUT2D eigenvalue weighted by Crippen LogP contribution is 2.13. The molecule has 2 N–H and O–H groups in total. The number of benzene rings is 1. The highest BCUT2D eigenvalue weighted by Gasteiger charge is 2.17. The molecule has 0 spiro atoms. The van der Waals surface area contributed by atoms with Gasteiger partial charge in [0.15, 0.2) is 0 Å². The van der Waals surface area contributed by atoms with Gasteiger partial charge in [0.05, 0.1) is 11.3 Å². The van der Waals surface area contributed by atoms with E-state index in [4.69, 9.17) is 5.11 Å². The summed E-state index contributed by atoms with van der Waals surface area (Å²) in [5, 5.41) is 8.69. The quantitative estimate of drug-likeness (QED) is 0.772. The summed E-state index contributed by atoms with van der Waals surface area (Å²) in [6.45, 7) is 6.05. The Hall–Kier alpha value is -1.40. The Morgan fingerprint density at radius 2 is 1.71 bits per heavy atom. The molecule has 1 unspecified atom stereocenters. The molecular weight excluding hydrogens is 290 g/mol. The second-order valence-corrected chi connectivity index (χ2v) is 7.42. The molecule has 1 aromatic carbocycles. The number of carboxylic acids is 1. The molecule has 0 saturated carbocycles. The van der Waals surface area contributed by atoms with Gasteiger partial charge in [-0.1, -0.05) is 26.0 Å². The Labute approximate surface area is 126 Å². The molecule has 0 aliphatic heterocycles. The van der Waals surface area contributed by atoms with Gasteiger partial charge in [0.2, 0.25) is 10.0 Å². The van der Waals surface area contributed by atoms with Crippen molar-refractivity contribution >= 4 is 16.0 Å². The Kier molecular flexibility index (Phi) is 6.36. The molecule has 1 atom stereocenters. The van der Waals surface area contributed by atoms with E-state index >= 15 is 0 Å². The second kappa shape index (κ2) is 7.56. The molecule has 0 saturated heterocycles. The van der Waals surface area contributed by atoms with Crippen LogP contribution in [0, 0.1) is 5.92 Å². The molecule has 5 nitrogen and oxygen atoms in total. The second-order valence-electron chi connectivity index (χ2n) is 5.71. The highest BCUT2D eigenvalue weighted by molar-refractivity contribution is 7.89. The molecule has 118 valence electrons. The number of hydrogen-bond donors (Lipinski definition) is 2. The van der Waals surface area contributed by atoms with E-state index in [0.29, 0.717) is 11.5 Å². The van der Waals surface area contributed by atoms with Gasteiger partial charge in [0.1, 0.15) is 0 Å². The summed E-state index contributed by atoms with van der Waals surface area (Å²) in [7, 11) is -3.55. The average Bonchev–Trinajstić information content (AvgIpc) is 2.35. The summed E-state index contributed by atoms with van der Waals surface area (Å²) in [5.74, 6) is -0.404. The van der Waals surface area contributed by atoms with Crippen molar-refractivity contribution in [3.05, 3.63) is 29.8 Å². The van der Waals surface area contributed by atoms with Gasteiger partial charge >= 0.3 is 5.97 Å². The molecule has 0 aromatic heterocycles. The predicted octanol–water partition coefficient (Wildman–Crippen LogP) is 2.42. The summed E-state index contributed by atoms with van der Waals surface area (Å²) in [6, 6.07) is 5.81. The molecule has 21 heavy (non-hydrogen) atoms. The zero-order valence-electron chi connectivity index (χ0n) is 12.7. The molecule has 0 bridgehead atoms. The van der Waals surface area contributed by atoms with Gasteiger partial charge in [0.25, 0.3) is 0 Å². The van der Waals surface area contributed by atoms with Crippen LogP contribution in [-0.2, 0) is 21.2 Å². The molecule has 0 radical (unpaired) electrons. The van der Waals surface area contributed by atoms with Gasteiger partial charge in [-0.15, -0.1) is 0 Å². The summed E-state index contributed by atoms with van der Waals surface area (Å²) < 4.78 is 27.0. The lowest BCUT2D eigenvalue weighted by atomic mass is 10.1. The normalized spacial score (nSPS) is 13.3. The van der Waals surface area contributed by atoms with Crippen LogP contribution < -0.4 is 4.72 Å². The standard InChI is InChI=1S/C15H23NO4S/c1-11(2)4-5-12(3)16-21(19,20)14-8-6-13(7-9-14)10-15(17)18/h6-9,11-12,16H,4-5,10H2,1-3H3,(H,17,18). The van der Waals surface area contributed by atoms with Crippen LogP contribution in [0.4, 0.5) is 0 Å². The van der Waals surface area contributed by atoms with E-state index in [0.717, 1.165) is 12.8 Å². The lowest BCUT2D eigenvalue weighted by Gasteiger charge is -2.15. The fraction of sp³-hybridized carbons (Fsp3) is 0.533. The number of aliphatic carboxylic acids is 1. The minimum absolute atomic E-state index is 0.113. The van der Waals surface area contributed by atoms with Crippen LogP contribution in [-0.4, -0.2) is 25.5 Å². The molecule has 0 aliphatic carbocycles. The molecule has 1 rings (SSSR count). The predicted molar refractivity (Wildman–Crippen MR) is 81.6 cm³/mol. The van der Waals surface area contributed by atoms with Crippen LogP contribution in [0.5, 0.6) is 0 Å². The van der Waals surface area contributed by atoms with Crippen molar-refractivity contribution in [2.75, 3.05) is 0 Å². The number of sulfonamides is 1. The number of nitrogens with one attached hydrogen (secondary N) is 1. The molecule has 0 fully saturated rings. The first-order valence-corrected chi connectivity index (χ1v) is 8.52. The lowest BCUT2D eigenvalue weighted by molar-refractivity contribution is -0.136. The number of carbonyl (C=O) groups is 1. The topological polar surface area (TPSA) is 83.5 Å². The van der Waals surface area contributed by atoms with E-state index < -0.39 is 16.0 Å². The Morgan fingerprint density at radius 1 is 1.14 bits per heavy atom. The van der Waals surface area contributed by atoms with Gasteiger partial charge in [-0.2, -0.15) is 0 Å². The van der Waals surface area contributed by atoms with Crippen LogP contribution in [0.1, 0.15) is 39.2 Å². The monoisotopic (exact) mass is 313 g/mol. The zero-order chi connectivity index (χ0) is 16.0. The lowest BCUT2D eigenvalue weighted by Crippen LogP contribution is -2.32. The van der Waals surface area contributed by atoms with Gasteiger partial charge in [-0.05, 0) is 43.4 Å². The first-order valence-electron chi connectivity index (χ1n) is 7.04. The van der Waals surface area contributed by atoms with E-state index in [1.165, 1.54) is 24.3 Å². The highest BCUT2D eigenvalue weighted by atomic mass is 32.2. The molecule has 0 heterocycles. The maximum Gasteiger partial charge on any atom is 0.307 e. The largest absolute Gasteiger partial charge is 0.481 e. The fourth-order valence-electron chi connectivity index (χ4n) is 1.94. The van der Waals surface area contributed by atoms with Crippen LogP contribution >= 0.6 is 0 Å². The first kappa shape index (κ1) is 17.7. The third-order valence-corrected chi connectivity index (χ3v) is 4.73. The summed E-state index contributed by atoms with van der Waals surface area (Å²) in [4.78, 5) is 10.8. The van der Waals surface area contributed by atoms with Crippen LogP contribution in [0.3, 0.4) is 0 Å². The van der Waals surface area contributed by atoms with Crippen molar-refractivity contribution in [2.24, 2.45) is 5.92 Å². The van der Waals surface area contributed by atoms with Crippen LogP contribution in [0.15, 0.2) is 29.2 Å². The Morgan fingerprint density at radius 3 is 2.19 bits per heavy atom. The maximum absolute atomic E-state index is 12.2. The number of rotatable bonds is 8. The fourth-order valence-corrected chi connectivity index (χ4v) is 3.21. The third kappa shape index (κ3) is 6.27. The van der Waals surface area contributed by atoms with Crippen LogP contribution in [0.25, 0.3) is 0 Å². The summed E-state index contributed by atoms with van der Waals surface area (Å²) in [6.07, 6.45) is 1.63. The average molecular weight is 313 g/mol. The van der Waals surface area contributed by atoms with Crippen molar-refractivity contribution in [3.8, 4) is 0 Å². The molecule has 6 heteroatoms. The zero-order valence-corrected chi connectivity index (χ0v) is 13.5. The molecule has 0 aliphatic rings. The van der Waals surface area contributed by atoms with Crippen molar-refractivity contribution in [1.29, 1.82) is 0 Å². The van der Waals surface area contributed by atoms with Crippen molar-refractivity contribution < 1.29 is 18.3 Å². The van der Waals surface area contributed by atoms with E-state index in [9.17, 15) is 13.2 Å². The van der Waals surface area contributed by atoms with Gasteiger partial charge < -0.3 is 5.11 Å². The third-order valence-electron chi connectivity index (χ3n) is 3.12. The van der Waals surface area contributed by atoms with Crippen molar-refractivity contribution in [3.63, 3.8) is 0 Å². The first-order chi connectivity index (χ1) is 9.70. The molecule has 0 amide bonds. The van der Waals surface area contributed by atoms with E-state index in [1.807, 2.05) is 6.92 Å². The minimum Gasteiger partial charge on any atom is -0.481 e. The van der Waals surface area contributed by atoms with E-state index in [2.05, 4.69) is 18.6 Å². The van der Waals surface area contributed by atoms with Crippen molar-refractivity contribution in [2.45, 2.75) is 51.0 Å². The smallest absolute Gasteiger partial charge is 0.307 e. The Bertz CT molecular complexity index is 564. The van der Waals surface area contributed by atoms with E-state index in [1.54, 1.807) is 0 Å². The Balaban J connectivity index is 2.71. The van der Waals surface area contributed by atoms with Crippen LogP contribution in [0.2, 0.25) is 0 Å². The van der Waals surface area contributed by atoms with Gasteiger partial charge in [-0.25, -0.2) is 13.1 Å². The SMILES string of the molecule is CC(C)CCC(C)NS(=O)(=O)c1ccc(CC(=O)O)cc1. The maximum atomic E-state index is 12.2. The van der Waals surface area contributed by atoms with E-state index in [-0.39, 0.29) is 17.4 Å². The van der Waals surface area contributed by atoms with Gasteiger partial charge in [0, 0.05) is 6.04 Å². The number of hydrogen-bond acceptors (Lipinski definition) is 3. The molecule has 1 aromatic rings. The summed E-state index contributed by atoms with van der Waals surface area (Å²) in [5.41, 5.74) is 0.578. The number of carboxylic acid groups (broad SMARTS) is 1. The summed E-state index contributed by atoms with van der Waals surface area (Å²) >= 11 is 0. The minimum atomic E-state index is -3.55. The van der Waals surface area contributed by atoms with Crippen molar-refractivity contribution in [1.82, 2.24) is 4.72 Å². The molecular formula is C15H23NO4S.